The third-order valence-electron chi connectivity index (χ3n) is 4.00. The molecule has 0 spiro atoms. The summed E-state index contributed by atoms with van der Waals surface area (Å²) in [7, 11) is 0. The molecule has 2 bridgehead atoms. The van der Waals surface area contributed by atoms with Gasteiger partial charge >= 0.3 is 5.97 Å². The molecular formula is C12H16O2. The highest BCUT2D eigenvalue weighted by Gasteiger charge is 2.38. The van der Waals surface area contributed by atoms with E-state index in [2.05, 4.69) is 0 Å². The summed E-state index contributed by atoms with van der Waals surface area (Å²) in [6.07, 6.45) is 9.54. The molecule has 0 aromatic carbocycles. The van der Waals surface area contributed by atoms with Crippen LogP contribution in [0.3, 0.4) is 0 Å². The summed E-state index contributed by atoms with van der Waals surface area (Å²) in [5, 5.41) is 0. The quantitative estimate of drug-likeness (QED) is 0.551. The van der Waals surface area contributed by atoms with Crippen molar-refractivity contribution in [2.45, 2.75) is 44.6 Å². The lowest BCUT2D eigenvalue weighted by Crippen LogP contribution is -2.26. The molecule has 1 aliphatic heterocycles. The van der Waals surface area contributed by atoms with Gasteiger partial charge in [-0.1, -0.05) is 12.8 Å². The average Bonchev–Trinajstić information content (AvgIpc) is 2.53. The third-order valence-corrected chi connectivity index (χ3v) is 4.00. The van der Waals surface area contributed by atoms with Crippen molar-refractivity contribution in [1.29, 1.82) is 0 Å². The molecule has 2 nitrogen and oxygen atoms in total. The first-order chi connectivity index (χ1) is 6.83. The van der Waals surface area contributed by atoms with Crippen LogP contribution >= 0.6 is 0 Å². The molecule has 0 aromatic heterocycles. The van der Waals surface area contributed by atoms with Gasteiger partial charge in [0, 0.05) is 12.0 Å². The van der Waals surface area contributed by atoms with E-state index in [4.69, 9.17) is 4.74 Å². The van der Waals surface area contributed by atoms with Gasteiger partial charge in [0.2, 0.25) is 0 Å². The fourth-order valence-electron chi connectivity index (χ4n) is 3.32. The first kappa shape index (κ1) is 8.51. The molecule has 0 N–H and O–H groups in total. The monoisotopic (exact) mass is 192 g/mol. The van der Waals surface area contributed by atoms with Crippen LogP contribution in [-0.4, -0.2) is 12.1 Å². The zero-order valence-electron chi connectivity index (χ0n) is 8.37. The van der Waals surface area contributed by atoms with Gasteiger partial charge < -0.3 is 4.74 Å². The predicted molar refractivity (Wildman–Crippen MR) is 52.6 cm³/mol. The van der Waals surface area contributed by atoms with Crippen molar-refractivity contribution < 1.29 is 9.53 Å². The lowest BCUT2D eigenvalue weighted by Gasteiger charge is -2.29. The number of carbonyl (C=O) groups excluding carboxylic acids is 1. The van der Waals surface area contributed by atoms with Crippen molar-refractivity contribution in [2.75, 3.05) is 0 Å². The summed E-state index contributed by atoms with van der Waals surface area (Å²) in [6.45, 7) is 0. The Bertz CT molecular complexity index is 293. The fraction of sp³-hybridized carbons (Fsp3) is 0.750. The smallest absolute Gasteiger partial charge is 0.331 e. The number of ether oxygens (including phenoxy) is 1. The number of hydrogen-bond donors (Lipinski definition) is 0. The second-order valence-electron chi connectivity index (χ2n) is 4.91. The standard InChI is InChI=1S/C12H16O2/c13-11-7-10-5-4-8-2-1-3-9(6-8)12(10)14-11/h7-9,12H,1-6H2. The van der Waals surface area contributed by atoms with Crippen LogP contribution in [0.4, 0.5) is 0 Å². The van der Waals surface area contributed by atoms with E-state index in [0.717, 1.165) is 12.3 Å². The van der Waals surface area contributed by atoms with Gasteiger partial charge in [-0.05, 0) is 37.2 Å². The Morgan fingerprint density at radius 3 is 3.14 bits per heavy atom. The molecule has 3 unspecified atom stereocenters. The van der Waals surface area contributed by atoms with Crippen LogP contribution in [0.15, 0.2) is 11.6 Å². The maximum Gasteiger partial charge on any atom is 0.331 e. The molecule has 76 valence electrons. The number of hydrogen-bond acceptors (Lipinski definition) is 2. The summed E-state index contributed by atoms with van der Waals surface area (Å²) in [5.41, 5.74) is 1.28. The second kappa shape index (κ2) is 3.11. The molecule has 1 heterocycles. The van der Waals surface area contributed by atoms with Gasteiger partial charge in [0.15, 0.2) is 0 Å². The zero-order valence-corrected chi connectivity index (χ0v) is 8.37. The van der Waals surface area contributed by atoms with Gasteiger partial charge in [-0.2, -0.15) is 0 Å². The number of esters is 1. The molecule has 0 amide bonds. The Labute approximate surface area is 84.3 Å². The Morgan fingerprint density at radius 2 is 2.21 bits per heavy atom. The second-order valence-corrected chi connectivity index (χ2v) is 4.91. The molecular weight excluding hydrogens is 176 g/mol. The number of rotatable bonds is 0. The summed E-state index contributed by atoms with van der Waals surface area (Å²) >= 11 is 0. The Kier molecular flexibility index (Phi) is 1.89. The van der Waals surface area contributed by atoms with Gasteiger partial charge in [-0.25, -0.2) is 4.79 Å². The average molecular weight is 192 g/mol. The molecule has 2 aliphatic carbocycles. The molecule has 3 aliphatic rings. The maximum atomic E-state index is 11.2. The van der Waals surface area contributed by atoms with Crippen molar-refractivity contribution in [3.05, 3.63) is 11.6 Å². The van der Waals surface area contributed by atoms with E-state index in [-0.39, 0.29) is 12.1 Å². The molecule has 2 saturated carbocycles. The van der Waals surface area contributed by atoms with E-state index in [1.807, 2.05) is 0 Å². The van der Waals surface area contributed by atoms with Crippen LogP contribution < -0.4 is 0 Å². The van der Waals surface area contributed by atoms with Gasteiger partial charge in [-0.15, -0.1) is 0 Å². The molecule has 0 aromatic rings. The number of carbonyl (C=O) groups is 1. The summed E-state index contributed by atoms with van der Waals surface area (Å²) in [4.78, 5) is 11.2. The lowest BCUT2D eigenvalue weighted by atomic mass is 9.79. The van der Waals surface area contributed by atoms with Crippen LogP contribution in [-0.2, 0) is 9.53 Å². The minimum atomic E-state index is -0.103. The minimum absolute atomic E-state index is 0.103. The van der Waals surface area contributed by atoms with Crippen molar-refractivity contribution in [3.63, 3.8) is 0 Å². The Hall–Kier alpha value is -0.790. The predicted octanol–water partition coefficient (Wildman–Crippen LogP) is 2.44. The van der Waals surface area contributed by atoms with E-state index in [0.29, 0.717) is 5.92 Å². The highest BCUT2D eigenvalue weighted by molar-refractivity contribution is 5.85. The van der Waals surface area contributed by atoms with E-state index in [1.54, 1.807) is 6.08 Å². The molecule has 2 heteroatoms. The lowest BCUT2D eigenvalue weighted by molar-refractivity contribution is -0.141. The first-order valence-electron chi connectivity index (χ1n) is 5.74. The van der Waals surface area contributed by atoms with Gasteiger partial charge in [0.1, 0.15) is 6.10 Å². The van der Waals surface area contributed by atoms with Crippen LogP contribution in [0.5, 0.6) is 0 Å². The highest BCUT2D eigenvalue weighted by atomic mass is 16.5. The molecule has 14 heavy (non-hydrogen) atoms. The molecule has 0 saturated heterocycles. The molecule has 3 rings (SSSR count). The van der Waals surface area contributed by atoms with Gasteiger partial charge in [0.25, 0.3) is 0 Å². The Morgan fingerprint density at radius 1 is 1.29 bits per heavy atom. The van der Waals surface area contributed by atoms with Crippen molar-refractivity contribution in [1.82, 2.24) is 0 Å². The van der Waals surface area contributed by atoms with Gasteiger partial charge in [0.05, 0.1) is 0 Å². The highest BCUT2D eigenvalue weighted by Crippen LogP contribution is 2.43. The third kappa shape index (κ3) is 1.28. The maximum absolute atomic E-state index is 11.2. The van der Waals surface area contributed by atoms with Gasteiger partial charge in [-0.3, -0.25) is 0 Å². The van der Waals surface area contributed by atoms with E-state index >= 15 is 0 Å². The summed E-state index contributed by atoms with van der Waals surface area (Å²) in [5.74, 6) is 1.43. The van der Waals surface area contributed by atoms with Crippen molar-refractivity contribution in [3.8, 4) is 0 Å². The topological polar surface area (TPSA) is 26.3 Å². The largest absolute Gasteiger partial charge is 0.454 e. The zero-order chi connectivity index (χ0) is 9.54. The van der Waals surface area contributed by atoms with Crippen LogP contribution in [0.1, 0.15) is 38.5 Å². The fourth-order valence-corrected chi connectivity index (χ4v) is 3.32. The SMILES string of the molecule is O=C1C=C2CCC3CCCC(C3)C2O1. The summed E-state index contributed by atoms with van der Waals surface area (Å²) in [6, 6.07) is 0. The van der Waals surface area contributed by atoms with E-state index in [9.17, 15) is 4.79 Å². The van der Waals surface area contributed by atoms with E-state index < -0.39 is 0 Å². The molecule has 0 radical (unpaired) electrons. The normalized spacial score (nSPS) is 41.0. The summed E-state index contributed by atoms with van der Waals surface area (Å²) < 4.78 is 5.40. The minimum Gasteiger partial charge on any atom is -0.454 e. The molecule has 2 fully saturated rings. The van der Waals surface area contributed by atoms with Crippen LogP contribution in [0.2, 0.25) is 0 Å². The van der Waals surface area contributed by atoms with Crippen LogP contribution in [0, 0.1) is 11.8 Å². The Balaban J connectivity index is 1.88. The number of fused-ring (bicyclic) bond motifs is 4. The van der Waals surface area contributed by atoms with Crippen LogP contribution in [0.25, 0.3) is 0 Å². The van der Waals surface area contributed by atoms with E-state index in [1.165, 1.54) is 37.7 Å². The van der Waals surface area contributed by atoms with Crippen molar-refractivity contribution >= 4 is 5.97 Å². The first-order valence-corrected chi connectivity index (χ1v) is 5.74. The molecule has 3 atom stereocenters. The van der Waals surface area contributed by atoms with Crippen molar-refractivity contribution in [2.24, 2.45) is 11.8 Å².